The molecule has 1 heterocycles. The van der Waals surface area contributed by atoms with Crippen LogP contribution in [-0.2, 0) is 11.2 Å². The third kappa shape index (κ3) is 3.24. The van der Waals surface area contributed by atoms with Gasteiger partial charge >= 0.3 is 0 Å². The van der Waals surface area contributed by atoms with Crippen molar-refractivity contribution in [3.63, 3.8) is 0 Å². The molecule has 0 atom stereocenters. The maximum Gasteiger partial charge on any atom is 0.244 e. The Hall–Kier alpha value is -3.34. The van der Waals surface area contributed by atoms with Gasteiger partial charge in [0.15, 0.2) is 11.5 Å². The molecule has 0 saturated heterocycles. The Balaban J connectivity index is 1.47. The molecule has 0 aliphatic carbocycles. The van der Waals surface area contributed by atoms with Gasteiger partial charge in [-0.05, 0) is 41.5 Å². The first-order valence-corrected chi connectivity index (χ1v) is 8.40. The van der Waals surface area contributed by atoms with Crippen LogP contribution in [0.2, 0.25) is 0 Å². The first-order valence-electron chi connectivity index (χ1n) is 8.40. The molecule has 130 valence electrons. The Bertz CT molecular complexity index is 1010. The number of nitrogens with zero attached hydrogens (tertiary/aromatic N) is 1. The van der Waals surface area contributed by atoms with Crippen molar-refractivity contribution in [2.24, 2.45) is 5.10 Å². The minimum absolute atomic E-state index is 0.151. The first-order chi connectivity index (χ1) is 12.7. The van der Waals surface area contributed by atoms with E-state index in [2.05, 4.69) is 10.5 Å². The summed E-state index contributed by atoms with van der Waals surface area (Å²) >= 11 is 0. The van der Waals surface area contributed by atoms with Crippen LogP contribution in [0.5, 0.6) is 11.5 Å². The molecule has 1 N–H and O–H groups in total. The van der Waals surface area contributed by atoms with Crippen LogP contribution in [-0.4, -0.2) is 18.4 Å². The van der Waals surface area contributed by atoms with Crippen molar-refractivity contribution < 1.29 is 14.3 Å². The van der Waals surface area contributed by atoms with Gasteiger partial charge in [0.2, 0.25) is 12.7 Å². The van der Waals surface area contributed by atoms with Gasteiger partial charge in [0, 0.05) is 5.56 Å². The SMILES string of the molecule is C/C(=N/NC(=O)Cc1cccc2ccccc12)c1ccc2c(c1)OCO2. The molecule has 1 aliphatic rings. The summed E-state index contributed by atoms with van der Waals surface area (Å²) in [7, 11) is 0. The number of carbonyl (C=O) groups excluding carboxylic acids is 1. The number of hydrogen-bond donors (Lipinski definition) is 1. The Kier molecular flexibility index (Phi) is 4.27. The van der Waals surface area contributed by atoms with E-state index in [0.717, 1.165) is 27.6 Å². The lowest BCUT2D eigenvalue weighted by Gasteiger charge is -2.07. The van der Waals surface area contributed by atoms with Crippen LogP contribution >= 0.6 is 0 Å². The Morgan fingerprint density at radius 3 is 2.77 bits per heavy atom. The number of fused-ring (bicyclic) bond motifs is 2. The maximum absolute atomic E-state index is 12.3. The van der Waals surface area contributed by atoms with Crippen LogP contribution in [0.4, 0.5) is 0 Å². The summed E-state index contributed by atoms with van der Waals surface area (Å²) in [5.74, 6) is 1.27. The van der Waals surface area contributed by atoms with Gasteiger partial charge < -0.3 is 9.47 Å². The topological polar surface area (TPSA) is 59.9 Å². The van der Waals surface area contributed by atoms with Gasteiger partial charge in [-0.3, -0.25) is 4.79 Å². The van der Waals surface area contributed by atoms with Gasteiger partial charge in [-0.15, -0.1) is 0 Å². The molecule has 1 aliphatic heterocycles. The van der Waals surface area contributed by atoms with Crippen LogP contribution in [0.1, 0.15) is 18.1 Å². The smallest absolute Gasteiger partial charge is 0.244 e. The fraction of sp³-hybridized carbons (Fsp3) is 0.143. The van der Waals surface area contributed by atoms with Gasteiger partial charge in [0.1, 0.15) is 0 Å². The summed E-state index contributed by atoms with van der Waals surface area (Å²) in [6.07, 6.45) is 0.277. The van der Waals surface area contributed by atoms with E-state index in [9.17, 15) is 4.79 Å². The number of amides is 1. The van der Waals surface area contributed by atoms with Crippen molar-refractivity contribution in [2.45, 2.75) is 13.3 Å². The van der Waals surface area contributed by atoms with E-state index in [4.69, 9.17) is 9.47 Å². The van der Waals surface area contributed by atoms with E-state index in [1.165, 1.54) is 0 Å². The molecule has 26 heavy (non-hydrogen) atoms. The van der Waals surface area contributed by atoms with Crippen molar-refractivity contribution in [1.29, 1.82) is 0 Å². The van der Waals surface area contributed by atoms with Crippen LogP contribution < -0.4 is 14.9 Å². The molecule has 3 aromatic rings. The summed E-state index contributed by atoms with van der Waals surface area (Å²) in [5, 5.41) is 6.42. The standard InChI is InChI=1S/C21H18N2O3/c1-14(16-9-10-19-20(11-16)26-13-25-19)22-23-21(24)12-17-7-4-6-15-5-2-3-8-18(15)17/h2-11H,12-13H2,1H3,(H,23,24)/b22-14-. The third-order valence-electron chi connectivity index (χ3n) is 4.37. The number of ether oxygens (including phenoxy) is 2. The zero-order chi connectivity index (χ0) is 17.9. The predicted molar refractivity (Wildman–Crippen MR) is 101 cm³/mol. The van der Waals surface area contributed by atoms with Crippen molar-refractivity contribution in [1.82, 2.24) is 5.43 Å². The van der Waals surface area contributed by atoms with Gasteiger partial charge in [-0.25, -0.2) is 5.43 Å². The molecule has 0 unspecified atom stereocenters. The zero-order valence-corrected chi connectivity index (χ0v) is 14.4. The van der Waals surface area contributed by atoms with Gasteiger partial charge in [0.05, 0.1) is 12.1 Å². The molecule has 0 saturated carbocycles. The molecule has 3 aromatic carbocycles. The highest BCUT2D eigenvalue weighted by atomic mass is 16.7. The van der Waals surface area contributed by atoms with Crippen LogP contribution in [0.15, 0.2) is 65.8 Å². The van der Waals surface area contributed by atoms with Crippen molar-refractivity contribution in [2.75, 3.05) is 6.79 Å². The number of benzene rings is 3. The summed E-state index contributed by atoms with van der Waals surface area (Å²) in [6.45, 7) is 2.08. The van der Waals surface area contributed by atoms with E-state index in [1.54, 1.807) is 0 Å². The zero-order valence-electron chi connectivity index (χ0n) is 14.4. The number of hydrazone groups is 1. The fourth-order valence-electron chi connectivity index (χ4n) is 2.99. The normalized spacial score (nSPS) is 13.0. The van der Waals surface area contributed by atoms with Gasteiger partial charge in [0.25, 0.3) is 0 Å². The molecule has 0 bridgehead atoms. The molecular formula is C21H18N2O3. The summed E-state index contributed by atoms with van der Waals surface area (Å²) in [4.78, 5) is 12.3. The van der Waals surface area contributed by atoms with Crippen LogP contribution in [0.3, 0.4) is 0 Å². The second kappa shape index (κ2) is 6.88. The first kappa shape index (κ1) is 16.1. The molecule has 0 fully saturated rings. The highest BCUT2D eigenvalue weighted by Gasteiger charge is 2.14. The Labute approximate surface area is 151 Å². The van der Waals surface area contributed by atoms with E-state index in [-0.39, 0.29) is 19.1 Å². The largest absolute Gasteiger partial charge is 0.454 e. The highest BCUT2D eigenvalue weighted by Crippen LogP contribution is 2.32. The fourth-order valence-corrected chi connectivity index (χ4v) is 2.99. The molecular weight excluding hydrogens is 328 g/mol. The highest BCUT2D eigenvalue weighted by molar-refractivity contribution is 6.00. The van der Waals surface area contributed by atoms with E-state index in [0.29, 0.717) is 11.5 Å². The van der Waals surface area contributed by atoms with Gasteiger partial charge in [-0.1, -0.05) is 42.5 Å². The van der Waals surface area contributed by atoms with Crippen molar-refractivity contribution in [3.8, 4) is 11.5 Å². The van der Waals surface area contributed by atoms with Crippen molar-refractivity contribution >= 4 is 22.4 Å². The lowest BCUT2D eigenvalue weighted by Crippen LogP contribution is -2.21. The molecule has 5 heteroatoms. The van der Waals surface area contributed by atoms with Crippen LogP contribution in [0.25, 0.3) is 10.8 Å². The van der Waals surface area contributed by atoms with Gasteiger partial charge in [-0.2, -0.15) is 5.10 Å². The minimum atomic E-state index is -0.151. The molecule has 0 spiro atoms. The summed E-state index contributed by atoms with van der Waals surface area (Å²) < 4.78 is 10.7. The minimum Gasteiger partial charge on any atom is -0.454 e. The lowest BCUT2D eigenvalue weighted by atomic mass is 10.0. The molecule has 0 radical (unpaired) electrons. The molecule has 0 aromatic heterocycles. The summed E-state index contributed by atoms with van der Waals surface area (Å²) in [5.41, 5.74) is 5.20. The van der Waals surface area contributed by atoms with E-state index >= 15 is 0 Å². The number of rotatable bonds is 4. The average Bonchev–Trinajstić information content (AvgIpc) is 3.14. The molecule has 1 amide bonds. The Morgan fingerprint density at radius 1 is 1.04 bits per heavy atom. The lowest BCUT2D eigenvalue weighted by molar-refractivity contribution is -0.120. The number of hydrogen-bond acceptors (Lipinski definition) is 4. The van der Waals surface area contributed by atoms with E-state index in [1.807, 2.05) is 67.6 Å². The Morgan fingerprint density at radius 2 is 1.85 bits per heavy atom. The predicted octanol–water partition coefficient (Wildman–Crippen LogP) is 3.65. The second-order valence-corrected chi connectivity index (χ2v) is 6.12. The van der Waals surface area contributed by atoms with E-state index < -0.39 is 0 Å². The average molecular weight is 346 g/mol. The number of carbonyl (C=O) groups is 1. The monoisotopic (exact) mass is 346 g/mol. The van der Waals surface area contributed by atoms with Crippen molar-refractivity contribution in [3.05, 3.63) is 71.8 Å². The second-order valence-electron chi connectivity index (χ2n) is 6.12. The molecule has 4 rings (SSSR count). The summed E-state index contributed by atoms with van der Waals surface area (Å²) in [6, 6.07) is 19.6. The maximum atomic E-state index is 12.3. The van der Waals surface area contributed by atoms with Crippen LogP contribution in [0, 0.1) is 0 Å². The number of nitrogens with one attached hydrogen (secondary N) is 1. The quantitative estimate of drug-likeness (QED) is 0.579. The molecule has 5 nitrogen and oxygen atoms in total. The third-order valence-corrected chi connectivity index (χ3v) is 4.37.